The predicted octanol–water partition coefficient (Wildman–Crippen LogP) is 5.39. The number of hydrogen-bond acceptors (Lipinski definition) is 1. The van der Waals surface area contributed by atoms with Gasteiger partial charge in [0.25, 0.3) is 0 Å². The molecule has 0 N–H and O–H groups in total. The molecular weight excluding hydrogens is 296 g/mol. The zero-order valence-electron chi connectivity index (χ0n) is 11.7. The van der Waals surface area contributed by atoms with E-state index in [4.69, 9.17) is 4.12 Å². The first-order valence-corrected chi connectivity index (χ1v) is 13.9. The van der Waals surface area contributed by atoms with E-state index in [1.807, 2.05) is 0 Å². The molecule has 0 bridgehead atoms. The SMILES string of the molecule is CCCC[Si](C)(C)O[Si](C)(C)CCCCBr. The van der Waals surface area contributed by atoms with Crippen molar-refractivity contribution in [1.82, 2.24) is 0 Å². The molecule has 1 nitrogen and oxygen atoms in total. The molecule has 4 heteroatoms. The smallest absolute Gasteiger partial charge is 0.173 e. The van der Waals surface area contributed by atoms with Crippen LogP contribution >= 0.6 is 15.9 Å². The van der Waals surface area contributed by atoms with Gasteiger partial charge in [0, 0.05) is 5.33 Å². The molecule has 0 rings (SSSR count). The summed E-state index contributed by atoms with van der Waals surface area (Å²) in [6.07, 6.45) is 5.25. The summed E-state index contributed by atoms with van der Waals surface area (Å²) in [6.45, 7) is 11.8. The van der Waals surface area contributed by atoms with Gasteiger partial charge < -0.3 is 4.12 Å². The molecule has 0 aromatic heterocycles. The molecule has 0 unspecified atom stereocenters. The van der Waals surface area contributed by atoms with Gasteiger partial charge in [0.15, 0.2) is 16.6 Å². The van der Waals surface area contributed by atoms with Crippen molar-refractivity contribution in [2.45, 2.75) is 70.9 Å². The van der Waals surface area contributed by atoms with Crippen molar-refractivity contribution in [2.75, 3.05) is 5.33 Å². The monoisotopic (exact) mass is 324 g/mol. The van der Waals surface area contributed by atoms with E-state index >= 15 is 0 Å². The highest BCUT2D eigenvalue weighted by molar-refractivity contribution is 9.09. The topological polar surface area (TPSA) is 9.23 Å². The molecule has 0 heterocycles. The van der Waals surface area contributed by atoms with Crippen LogP contribution in [-0.4, -0.2) is 22.0 Å². The predicted molar refractivity (Wildman–Crippen MR) is 83.6 cm³/mol. The van der Waals surface area contributed by atoms with Gasteiger partial charge in [0.05, 0.1) is 0 Å². The Morgan fingerprint density at radius 3 is 1.81 bits per heavy atom. The molecule has 0 saturated carbocycles. The summed E-state index contributed by atoms with van der Waals surface area (Å²) in [5.74, 6) is 0. The first-order chi connectivity index (χ1) is 7.33. The van der Waals surface area contributed by atoms with E-state index in [-0.39, 0.29) is 0 Å². The van der Waals surface area contributed by atoms with Crippen molar-refractivity contribution >= 4 is 32.6 Å². The van der Waals surface area contributed by atoms with E-state index in [2.05, 4.69) is 49.0 Å². The van der Waals surface area contributed by atoms with Gasteiger partial charge in [0.2, 0.25) is 0 Å². The lowest BCUT2D eigenvalue weighted by atomic mass is 10.4. The van der Waals surface area contributed by atoms with Crippen molar-refractivity contribution < 1.29 is 4.12 Å². The highest BCUT2D eigenvalue weighted by Gasteiger charge is 2.31. The minimum Gasteiger partial charge on any atom is -0.455 e. The lowest BCUT2D eigenvalue weighted by Gasteiger charge is -2.34. The van der Waals surface area contributed by atoms with Crippen LogP contribution in [0.2, 0.25) is 38.3 Å². The van der Waals surface area contributed by atoms with Crippen LogP contribution in [-0.2, 0) is 4.12 Å². The lowest BCUT2D eigenvalue weighted by Crippen LogP contribution is -2.44. The van der Waals surface area contributed by atoms with Gasteiger partial charge in [0.1, 0.15) is 0 Å². The molecule has 98 valence electrons. The summed E-state index contributed by atoms with van der Waals surface area (Å²) in [4.78, 5) is 0. The Labute approximate surface area is 113 Å². The van der Waals surface area contributed by atoms with Crippen LogP contribution in [0.5, 0.6) is 0 Å². The number of unbranched alkanes of at least 4 members (excludes halogenated alkanes) is 2. The molecule has 16 heavy (non-hydrogen) atoms. The van der Waals surface area contributed by atoms with Crippen molar-refractivity contribution in [3.05, 3.63) is 0 Å². The second-order valence-corrected chi connectivity index (χ2v) is 15.5. The maximum absolute atomic E-state index is 6.54. The average Bonchev–Trinajstić information content (AvgIpc) is 2.13. The van der Waals surface area contributed by atoms with Crippen LogP contribution in [0.3, 0.4) is 0 Å². The fraction of sp³-hybridized carbons (Fsp3) is 1.00. The average molecular weight is 325 g/mol. The van der Waals surface area contributed by atoms with Gasteiger partial charge in [-0.2, -0.15) is 0 Å². The molecule has 0 aromatic carbocycles. The fourth-order valence-corrected chi connectivity index (χ4v) is 11.6. The van der Waals surface area contributed by atoms with Crippen molar-refractivity contribution in [1.29, 1.82) is 0 Å². The Kier molecular flexibility index (Phi) is 8.50. The number of hydrogen-bond donors (Lipinski definition) is 0. The zero-order valence-corrected chi connectivity index (χ0v) is 15.3. The molecule has 0 aromatic rings. The van der Waals surface area contributed by atoms with Gasteiger partial charge in [-0.1, -0.05) is 42.1 Å². The molecule has 0 amide bonds. The highest BCUT2D eigenvalue weighted by atomic mass is 79.9. The maximum atomic E-state index is 6.54. The molecular formula is C12H29BrOSi2. The Morgan fingerprint density at radius 1 is 0.875 bits per heavy atom. The van der Waals surface area contributed by atoms with Crippen molar-refractivity contribution in [2.24, 2.45) is 0 Å². The zero-order chi connectivity index (χ0) is 12.7. The normalized spacial score (nSPS) is 13.1. The van der Waals surface area contributed by atoms with Gasteiger partial charge in [-0.05, 0) is 44.7 Å². The van der Waals surface area contributed by atoms with Crippen molar-refractivity contribution in [3.8, 4) is 0 Å². The Balaban J connectivity index is 4.01. The molecule has 0 atom stereocenters. The molecule has 0 radical (unpaired) electrons. The third-order valence-corrected chi connectivity index (χ3v) is 10.9. The molecule has 0 saturated heterocycles. The van der Waals surface area contributed by atoms with E-state index < -0.39 is 16.6 Å². The van der Waals surface area contributed by atoms with Gasteiger partial charge >= 0.3 is 0 Å². The summed E-state index contributed by atoms with van der Waals surface area (Å²) >= 11 is 3.50. The quantitative estimate of drug-likeness (QED) is 0.314. The minimum atomic E-state index is -1.39. The minimum absolute atomic E-state index is 1.13. The van der Waals surface area contributed by atoms with E-state index in [1.54, 1.807) is 0 Å². The summed E-state index contributed by atoms with van der Waals surface area (Å²) in [5.41, 5.74) is 0. The number of rotatable bonds is 9. The van der Waals surface area contributed by atoms with E-state index in [0.717, 1.165) is 5.33 Å². The largest absolute Gasteiger partial charge is 0.455 e. The lowest BCUT2D eigenvalue weighted by molar-refractivity contribution is 0.529. The second kappa shape index (κ2) is 8.06. The van der Waals surface area contributed by atoms with Crippen LogP contribution in [0.25, 0.3) is 0 Å². The molecule has 0 fully saturated rings. The summed E-state index contributed by atoms with van der Waals surface area (Å²) in [6, 6.07) is 2.65. The Hall–Kier alpha value is 0.874. The van der Waals surface area contributed by atoms with Gasteiger partial charge in [-0.3, -0.25) is 0 Å². The Bertz CT molecular complexity index is 184. The summed E-state index contributed by atoms with van der Waals surface area (Å²) in [5, 5.41) is 1.13. The molecule has 0 spiro atoms. The molecule has 0 aliphatic carbocycles. The second-order valence-electron chi connectivity index (χ2n) is 5.87. The maximum Gasteiger partial charge on any atom is 0.173 e. The van der Waals surface area contributed by atoms with Crippen molar-refractivity contribution in [3.63, 3.8) is 0 Å². The summed E-state index contributed by atoms with van der Waals surface area (Å²) in [7, 11) is -2.75. The first-order valence-electron chi connectivity index (χ1n) is 6.59. The van der Waals surface area contributed by atoms with E-state index in [0.29, 0.717) is 0 Å². The Morgan fingerprint density at radius 2 is 1.38 bits per heavy atom. The third kappa shape index (κ3) is 8.96. The molecule has 0 aliphatic rings. The fourth-order valence-electron chi connectivity index (χ4n) is 2.10. The summed E-state index contributed by atoms with van der Waals surface area (Å²) < 4.78 is 6.54. The standard InChI is InChI=1S/C12H29BrOSi2/c1-6-7-11-15(2,3)14-16(4,5)12-9-8-10-13/h6-12H2,1-5H3. The van der Waals surface area contributed by atoms with Crippen LogP contribution in [0.4, 0.5) is 0 Å². The van der Waals surface area contributed by atoms with Crippen LogP contribution in [0, 0.1) is 0 Å². The highest BCUT2D eigenvalue weighted by Crippen LogP contribution is 2.24. The van der Waals surface area contributed by atoms with Gasteiger partial charge in [-0.15, -0.1) is 0 Å². The number of halogens is 1. The van der Waals surface area contributed by atoms with Crippen LogP contribution in [0.15, 0.2) is 0 Å². The third-order valence-electron chi connectivity index (χ3n) is 2.85. The van der Waals surface area contributed by atoms with Crippen LogP contribution in [0.1, 0.15) is 32.6 Å². The number of alkyl halides is 1. The van der Waals surface area contributed by atoms with Gasteiger partial charge in [-0.25, -0.2) is 0 Å². The molecule has 0 aliphatic heterocycles. The van der Waals surface area contributed by atoms with E-state index in [1.165, 1.54) is 37.8 Å². The van der Waals surface area contributed by atoms with Crippen LogP contribution < -0.4 is 0 Å². The first kappa shape index (κ1) is 16.9. The van der Waals surface area contributed by atoms with E-state index in [9.17, 15) is 0 Å².